The van der Waals surface area contributed by atoms with Crippen LogP contribution in [0.25, 0.3) is 0 Å². The predicted octanol–water partition coefficient (Wildman–Crippen LogP) is 2.39. The Labute approximate surface area is 123 Å². The van der Waals surface area contributed by atoms with Gasteiger partial charge in [-0.05, 0) is 24.1 Å². The van der Waals surface area contributed by atoms with Crippen molar-refractivity contribution < 1.29 is 9.53 Å². The number of thiocarbonyl (C=S) groups is 1. The Hall–Kier alpha value is -1.33. The molecule has 0 spiro atoms. The number of methoxy groups -OCH3 is 1. The molecule has 1 rings (SSSR count). The number of nitrogens with two attached hydrogens (primary N) is 1. The molecule has 0 bridgehead atoms. The molecule has 6 heteroatoms. The molecule has 1 amide bonds. The summed E-state index contributed by atoms with van der Waals surface area (Å²) in [6, 6.07) is 4.46. The Morgan fingerprint density at radius 3 is 2.58 bits per heavy atom. The SMILES string of the molecule is COc1cc(Cl)ccc1C(=O)NC(C(N)=S)C(C)C. The maximum Gasteiger partial charge on any atom is 0.255 e. The second kappa shape index (κ2) is 6.73. The zero-order chi connectivity index (χ0) is 14.6. The minimum Gasteiger partial charge on any atom is -0.496 e. The van der Waals surface area contributed by atoms with Gasteiger partial charge in [0.15, 0.2) is 0 Å². The van der Waals surface area contributed by atoms with Gasteiger partial charge in [-0.2, -0.15) is 0 Å². The lowest BCUT2D eigenvalue weighted by Crippen LogP contribution is -2.46. The molecular weight excluding hydrogens is 284 g/mol. The number of hydrogen-bond acceptors (Lipinski definition) is 3. The third kappa shape index (κ3) is 4.08. The average molecular weight is 301 g/mol. The maximum atomic E-state index is 12.2. The van der Waals surface area contributed by atoms with Crippen LogP contribution in [0.15, 0.2) is 18.2 Å². The van der Waals surface area contributed by atoms with Crippen LogP contribution in [0.1, 0.15) is 24.2 Å². The minimum atomic E-state index is -0.358. The van der Waals surface area contributed by atoms with Crippen molar-refractivity contribution in [3.8, 4) is 5.75 Å². The summed E-state index contributed by atoms with van der Waals surface area (Å²) in [7, 11) is 1.48. The van der Waals surface area contributed by atoms with E-state index in [9.17, 15) is 4.79 Å². The highest BCUT2D eigenvalue weighted by Crippen LogP contribution is 2.23. The Morgan fingerprint density at radius 2 is 2.11 bits per heavy atom. The van der Waals surface area contributed by atoms with Crippen molar-refractivity contribution in [3.63, 3.8) is 0 Å². The molecule has 19 heavy (non-hydrogen) atoms. The van der Waals surface area contributed by atoms with Crippen molar-refractivity contribution in [1.29, 1.82) is 0 Å². The number of carbonyl (C=O) groups excluding carboxylic acids is 1. The molecule has 0 heterocycles. The predicted molar refractivity (Wildman–Crippen MR) is 80.9 cm³/mol. The minimum absolute atomic E-state index is 0.111. The summed E-state index contributed by atoms with van der Waals surface area (Å²) in [5.41, 5.74) is 6.02. The Bertz CT molecular complexity index is 492. The Kier molecular flexibility index (Phi) is 5.57. The van der Waals surface area contributed by atoms with Crippen molar-refractivity contribution in [3.05, 3.63) is 28.8 Å². The average Bonchev–Trinajstić information content (AvgIpc) is 2.34. The Morgan fingerprint density at radius 1 is 1.47 bits per heavy atom. The van der Waals surface area contributed by atoms with E-state index in [-0.39, 0.29) is 22.9 Å². The van der Waals surface area contributed by atoms with Crippen molar-refractivity contribution in [2.45, 2.75) is 19.9 Å². The molecule has 0 fully saturated rings. The molecule has 0 radical (unpaired) electrons. The molecule has 0 aliphatic rings. The number of halogens is 1. The molecule has 4 nitrogen and oxygen atoms in total. The molecule has 0 saturated heterocycles. The van der Waals surface area contributed by atoms with Crippen LogP contribution in [-0.4, -0.2) is 24.0 Å². The topological polar surface area (TPSA) is 64.3 Å². The summed E-state index contributed by atoms with van der Waals surface area (Å²) in [4.78, 5) is 12.5. The zero-order valence-electron chi connectivity index (χ0n) is 11.1. The largest absolute Gasteiger partial charge is 0.496 e. The Balaban J connectivity index is 2.97. The van der Waals surface area contributed by atoms with Crippen LogP contribution in [-0.2, 0) is 0 Å². The fourth-order valence-electron chi connectivity index (χ4n) is 1.64. The lowest BCUT2D eigenvalue weighted by Gasteiger charge is -2.21. The van der Waals surface area contributed by atoms with Crippen LogP contribution in [0.3, 0.4) is 0 Å². The molecule has 1 aromatic carbocycles. The molecule has 1 unspecified atom stereocenters. The number of amides is 1. The van der Waals surface area contributed by atoms with E-state index in [1.54, 1.807) is 18.2 Å². The maximum absolute atomic E-state index is 12.2. The van der Waals surface area contributed by atoms with Crippen LogP contribution >= 0.6 is 23.8 Å². The van der Waals surface area contributed by atoms with Crippen LogP contribution in [0.5, 0.6) is 5.75 Å². The number of carbonyl (C=O) groups is 1. The second-order valence-corrected chi connectivity index (χ2v) is 5.35. The van der Waals surface area contributed by atoms with Crippen LogP contribution in [0.2, 0.25) is 5.02 Å². The molecule has 1 aromatic rings. The summed E-state index contributed by atoms with van der Waals surface area (Å²) >= 11 is 10.8. The standard InChI is InChI=1S/C13H17ClN2O2S/c1-7(2)11(12(15)19)16-13(17)9-5-4-8(14)6-10(9)18-3/h4-7,11H,1-3H3,(H2,15,19)(H,16,17). The van der Waals surface area contributed by atoms with Gasteiger partial charge in [-0.3, -0.25) is 4.79 Å². The van der Waals surface area contributed by atoms with Gasteiger partial charge in [0.05, 0.1) is 23.7 Å². The van der Waals surface area contributed by atoms with E-state index in [2.05, 4.69) is 5.32 Å². The third-order valence-corrected chi connectivity index (χ3v) is 3.16. The first-order valence-corrected chi connectivity index (χ1v) is 6.59. The van der Waals surface area contributed by atoms with Crippen LogP contribution in [0.4, 0.5) is 0 Å². The third-order valence-electron chi connectivity index (χ3n) is 2.67. The van der Waals surface area contributed by atoms with E-state index in [1.165, 1.54) is 7.11 Å². The molecule has 3 N–H and O–H groups in total. The van der Waals surface area contributed by atoms with Gasteiger partial charge in [-0.15, -0.1) is 0 Å². The van der Waals surface area contributed by atoms with Gasteiger partial charge in [0.1, 0.15) is 5.75 Å². The highest BCUT2D eigenvalue weighted by Gasteiger charge is 2.21. The summed E-state index contributed by atoms with van der Waals surface area (Å²) in [5.74, 6) is 0.232. The van der Waals surface area contributed by atoms with Gasteiger partial charge in [0.25, 0.3) is 5.91 Å². The van der Waals surface area contributed by atoms with Crippen molar-refractivity contribution >= 4 is 34.7 Å². The summed E-state index contributed by atoms with van der Waals surface area (Å²) in [5, 5.41) is 3.30. The van der Waals surface area contributed by atoms with E-state index in [1.807, 2.05) is 13.8 Å². The fourth-order valence-corrected chi connectivity index (χ4v) is 2.13. The van der Waals surface area contributed by atoms with Crippen molar-refractivity contribution in [1.82, 2.24) is 5.32 Å². The molecule has 0 aliphatic carbocycles. The fraction of sp³-hybridized carbons (Fsp3) is 0.385. The molecule has 1 atom stereocenters. The van der Waals surface area contributed by atoms with E-state index in [0.717, 1.165) is 0 Å². The van der Waals surface area contributed by atoms with Crippen molar-refractivity contribution in [2.24, 2.45) is 11.7 Å². The van der Waals surface area contributed by atoms with E-state index in [4.69, 9.17) is 34.3 Å². The highest BCUT2D eigenvalue weighted by atomic mass is 35.5. The number of benzene rings is 1. The first-order valence-electron chi connectivity index (χ1n) is 5.80. The lowest BCUT2D eigenvalue weighted by molar-refractivity contribution is 0.0937. The summed E-state index contributed by atoms with van der Waals surface area (Å²) in [6.45, 7) is 3.87. The summed E-state index contributed by atoms with van der Waals surface area (Å²) in [6.07, 6.45) is 0. The van der Waals surface area contributed by atoms with Crippen molar-refractivity contribution in [2.75, 3.05) is 7.11 Å². The van der Waals surface area contributed by atoms with E-state index in [0.29, 0.717) is 16.3 Å². The highest BCUT2D eigenvalue weighted by molar-refractivity contribution is 7.80. The van der Waals surface area contributed by atoms with Crippen LogP contribution < -0.4 is 15.8 Å². The monoisotopic (exact) mass is 300 g/mol. The van der Waals surface area contributed by atoms with Gasteiger partial charge < -0.3 is 15.8 Å². The van der Waals surface area contributed by atoms with E-state index >= 15 is 0 Å². The van der Waals surface area contributed by atoms with Gasteiger partial charge >= 0.3 is 0 Å². The van der Waals surface area contributed by atoms with Crippen LogP contribution in [0, 0.1) is 5.92 Å². The van der Waals surface area contributed by atoms with Gasteiger partial charge in [0, 0.05) is 5.02 Å². The normalized spacial score (nSPS) is 12.1. The van der Waals surface area contributed by atoms with Gasteiger partial charge in [0.2, 0.25) is 0 Å². The molecule has 0 aliphatic heterocycles. The molecule has 0 aromatic heterocycles. The second-order valence-electron chi connectivity index (χ2n) is 4.44. The lowest BCUT2D eigenvalue weighted by atomic mass is 10.0. The summed E-state index contributed by atoms with van der Waals surface area (Å²) < 4.78 is 5.14. The van der Waals surface area contributed by atoms with Gasteiger partial charge in [-0.25, -0.2) is 0 Å². The number of hydrogen-bond donors (Lipinski definition) is 2. The number of rotatable bonds is 5. The number of ether oxygens (including phenoxy) is 1. The molecule has 0 saturated carbocycles. The van der Waals surface area contributed by atoms with Gasteiger partial charge in [-0.1, -0.05) is 37.7 Å². The molecule has 104 valence electrons. The quantitative estimate of drug-likeness (QED) is 0.820. The first kappa shape index (κ1) is 15.7. The van der Waals surface area contributed by atoms with E-state index < -0.39 is 0 Å². The zero-order valence-corrected chi connectivity index (χ0v) is 12.6. The molecular formula is C13H17ClN2O2S. The smallest absolute Gasteiger partial charge is 0.255 e. The number of nitrogens with one attached hydrogen (secondary N) is 1. The first-order chi connectivity index (χ1) is 8.86.